The molecule has 0 aliphatic rings. The number of H-pyrrole nitrogens is 1. The van der Waals surface area contributed by atoms with Crippen molar-refractivity contribution >= 4 is 0 Å². The minimum atomic E-state index is 0. The van der Waals surface area contributed by atoms with E-state index in [0.717, 1.165) is 0 Å². The van der Waals surface area contributed by atoms with Gasteiger partial charge in [0, 0.05) is 12.1 Å². The van der Waals surface area contributed by atoms with Crippen LogP contribution in [0.25, 0.3) is 0 Å². The standard InChI is InChI=1S/C5H5N.Cr.3O/c1-2-4-6-5-3-1;;;;/h1-5H;;;;/q;+5;3*-2/p+1. The minimum absolute atomic E-state index is 0. The summed E-state index contributed by atoms with van der Waals surface area (Å²) in [6.07, 6.45) is 3.75. The molecule has 1 aromatic rings. The Morgan fingerprint density at radius 1 is 0.700 bits per heavy atom. The van der Waals surface area contributed by atoms with Crippen LogP contribution in [0.5, 0.6) is 0 Å². The van der Waals surface area contributed by atoms with Gasteiger partial charge in [0.15, 0.2) is 12.4 Å². The quantitative estimate of drug-likeness (QED) is 0.542. The Morgan fingerprint density at radius 3 is 1.20 bits per heavy atom. The molecule has 1 heterocycles. The summed E-state index contributed by atoms with van der Waals surface area (Å²) >= 11 is 0. The Kier molecular flexibility index (Phi) is 35.9. The van der Waals surface area contributed by atoms with Crippen molar-refractivity contribution in [2.24, 2.45) is 0 Å². The smallest absolute Gasteiger partial charge is 2.00 e. The Bertz CT molecular complexity index is 88.8. The molecule has 0 amide bonds. The normalized spacial score (nSPS) is 4.80. The van der Waals surface area contributed by atoms with Crippen LogP contribution >= 0.6 is 0 Å². The first-order chi connectivity index (χ1) is 3.00. The predicted octanol–water partition coefficient (Wildman–Crippen LogP) is 0.142. The van der Waals surface area contributed by atoms with Gasteiger partial charge in [0.05, 0.1) is 0 Å². The summed E-state index contributed by atoms with van der Waals surface area (Å²) in [5.41, 5.74) is 0. The number of aromatic amines is 1. The van der Waals surface area contributed by atoms with E-state index in [0.29, 0.717) is 0 Å². The van der Waals surface area contributed by atoms with Gasteiger partial charge in [0.25, 0.3) is 0 Å². The van der Waals surface area contributed by atoms with E-state index in [-0.39, 0.29) is 33.8 Å². The molecule has 1 rings (SSSR count). The van der Waals surface area contributed by atoms with E-state index in [4.69, 9.17) is 0 Å². The van der Waals surface area contributed by atoms with E-state index in [1.807, 2.05) is 30.6 Å². The number of rotatable bonds is 0. The van der Waals surface area contributed by atoms with Gasteiger partial charge in [-0.2, -0.15) is 0 Å². The van der Waals surface area contributed by atoms with Crippen LogP contribution in [-0.2, 0) is 33.8 Å². The first-order valence-corrected chi connectivity index (χ1v) is 1.91. The monoisotopic (exact) mass is 180 g/mol. The molecule has 1 aromatic heterocycles. The molecule has 0 unspecified atom stereocenters. The average molecular weight is 180 g/mol. The van der Waals surface area contributed by atoms with E-state index in [1.54, 1.807) is 0 Å². The van der Waals surface area contributed by atoms with Gasteiger partial charge in [0.2, 0.25) is 0 Å². The molecular weight excluding hydrogens is 174 g/mol. The van der Waals surface area contributed by atoms with Gasteiger partial charge >= 0.3 is 17.4 Å². The van der Waals surface area contributed by atoms with Gasteiger partial charge in [0.1, 0.15) is 0 Å². The summed E-state index contributed by atoms with van der Waals surface area (Å²) in [4.78, 5) is 2.89. The molecule has 4 nitrogen and oxygen atoms in total. The van der Waals surface area contributed by atoms with E-state index in [9.17, 15) is 0 Å². The average Bonchev–Trinajstić information content (AvgIpc) is 1.72. The fourth-order valence-corrected chi connectivity index (χ4v) is 0.342. The number of pyridine rings is 1. The molecule has 0 saturated heterocycles. The molecule has 0 aromatic carbocycles. The fraction of sp³-hybridized carbons (Fsp3) is 0. The second kappa shape index (κ2) is 15.8. The van der Waals surface area contributed by atoms with E-state index in [2.05, 4.69) is 4.98 Å². The molecule has 10 heavy (non-hydrogen) atoms. The third-order valence-electron chi connectivity index (χ3n) is 0.607. The first-order valence-electron chi connectivity index (χ1n) is 1.91. The van der Waals surface area contributed by atoms with Crippen molar-refractivity contribution in [3.63, 3.8) is 0 Å². The molecule has 0 bridgehead atoms. The zero-order valence-corrected chi connectivity index (χ0v) is 6.29. The summed E-state index contributed by atoms with van der Waals surface area (Å²) in [6.45, 7) is 0. The Labute approximate surface area is 70.0 Å². The van der Waals surface area contributed by atoms with Crippen LogP contribution in [-0.4, -0.2) is 0 Å². The summed E-state index contributed by atoms with van der Waals surface area (Å²) in [7, 11) is 0. The third-order valence-corrected chi connectivity index (χ3v) is 0.607. The van der Waals surface area contributed by atoms with Crippen molar-refractivity contribution < 1.29 is 38.8 Å². The molecule has 0 aliphatic carbocycles. The number of aromatic nitrogens is 1. The van der Waals surface area contributed by atoms with Gasteiger partial charge in [-0.25, -0.2) is 4.98 Å². The van der Waals surface area contributed by atoms with Crippen LogP contribution < -0.4 is 4.98 Å². The van der Waals surface area contributed by atoms with Crippen molar-refractivity contribution in [2.75, 3.05) is 0 Å². The number of hydrogen-bond acceptors (Lipinski definition) is 0. The van der Waals surface area contributed by atoms with Crippen molar-refractivity contribution in [1.29, 1.82) is 0 Å². The summed E-state index contributed by atoms with van der Waals surface area (Å²) < 4.78 is 0. The largest absolute Gasteiger partial charge is 5.00 e. The molecule has 0 fully saturated rings. The van der Waals surface area contributed by atoms with E-state index in [1.165, 1.54) is 0 Å². The van der Waals surface area contributed by atoms with Crippen LogP contribution in [0, 0.1) is 0 Å². The zero-order chi connectivity index (χ0) is 4.24. The summed E-state index contributed by atoms with van der Waals surface area (Å²) in [5, 5.41) is 0. The molecule has 5 heteroatoms. The Morgan fingerprint density at radius 2 is 1.10 bits per heavy atom. The molecule has 0 atom stereocenters. The minimum Gasteiger partial charge on any atom is -2.00 e. The van der Waals surface area contributed by atoms with Gasteiger partial charge in [-0.05, 0) is 0 Å². The molecule has 55 valence electrons. The van der Waals surface area contributed by atoms with Crippen LogP contribution in [0.15, 0.2) is 30.6 Å². The maximum atomic E-state index is 2.89. The van der Waals surface area contributed by atoms with Crippen LogP contribution in [0.2, 0.25) is 0 Å². The van der Waals surface area contributed by atoms with Gasteiger partial charge in [-0.1, -0.05) is 6.07 Å². The molecular formula is C5H6CrNO3. The van der Waals surface area contributed by atoms with Crippen molar-refractivity contribution in [3.05, 3.63) is 30.6 Å². The molecule has 1 N–H and O–H groups in total. The third kappa shape index (κ3) is 10.5. The zero-order valence-electron chi connectivity index (χ0n) is 5.02. The maximum Gasteiger partial charge on any atom is 5.00 e. The van der Waals surface area contributed by atoms with Crippen LogP contribution in [0.4, 0.5) is 0 Å². The van der Waals surface area contributed by atoms with Gasteiger partial charge in [-0.15, -0.1) is 0 Å². The van der Waals surface area contributed by atoms with E-state index >= 15 is 0 Å². The van der Waals surface area contributed by atoms with E-state index < -0.39 is 0 Å². The van der Waals surface area contributed by atoms with Crippen molar-refractivity contribution in [1.82, 2.24) is 0 Å². The Hall–Kier alpha value is -0.438. The first kappa shape index (κ1) is 22.7. The fourth-order valence-electron chi connectivity index (χ4n) is 0.342. The predicted molar refractivity (Wildman–Crippen MR) is 25.1 cm³/mol. The molecule has 0 saturated carbocycles. The van der Waals surface area contributed by atoms with Crippen LogP contribution in [0.1, 0.15) is 0 Å². The number of hydrogen-bond donors (Lipinski definition) is 0. The van der Waals surface area contributed by atoms with Crippen molar-refractivity contribution in [3.8, 4) is 0 Å². The second-order valence-corrected chi connectivity index (χ2v) is 1.08. The second-order valence-electron chi connectivity index (χ2n) is 1.08. The summed E-state index contributed by atoms with van der Waals surface area (Å²) in [5.74, 6) is 0. The van der Waals surface area contributed by atoms with Gasteiger partial charge in [-0.3, -0.25) is 0 Å². The topological polar surface area (TPSA) is 99.6 Å². The molecule has 1 radical (unpaired) electrons. The molecule has 0 aliphatic heterocycles. The van der Waals surface area contributed by atoms with Crippen molar-refractivity contribution in [2.45, 2.75) is 0 Å². The van der Waals surface area contributed by atoms with Crippen LogP contribution in [0.3, 0.4) is 0 Å². The van der Waals surface area contributed by atoms with Gasteiger partial charge < -0.3 is 16.4 Å². The molecule has 0 spiro atoms. The SMILES string of the molecule is [Cr+5].[O-2].[O-2].[O-2].c1cc[nH+]cc1. The summed E-state index contributed by atoms with van der Waals surface area (Å²) in [6, 6.07) is 5.86. The Balaban J connectivity index is -0.0000000450. The number of nitrogens with one attached hydrogen (secondary N) is 1. The maximum absolute atomic E-state index is 2.89.